The highest BCUT2D eigenvalue weighted by molar-refractivity contribution is 6.17. The number of hydrogen-bond donors (Lipinski definition) is 1. The zero-order valence-corrected chi connectivity index (χ0v) is 14.9. The molecule has 21 heavy (non-hydrogen) atoms. The van der Waals surface area contributed by atoms with Crippen LogP contribution in [-0.4, -0.2) is 15.2 Å². The smallest absolute Gasteiger partial charge is 0.0179 e. The van der Waals surface area contributed by atoms with E-state index in [0.717, 1.165) is 0 Å². The van der Waals surface area contributed by atoms with Crippen LogP contribution in [0.15, 0.2) is 60.8 Å². The topological polar surface area (TPSA) is 15.8 Å². The van der Waals surface area contributed by atoms with Gasteiger partial charge in [0.1, 0.15) is 0 Å². The summed E-state index contributed by atoms with van der Waals surface area (Å²) in [5.74, 6) is 0. The fourth-order valence-corrected chi connectivity index (χ4v) is 3.94. The number of benzene rings is 2. The molecule has 0 spiro atoms. The van der Waals surface area contributed by atoms with E-state index in [1.807, 2.05) is 6.20 Å². The SMILES string of the molecule is Cc1cc[nH]c1C.[SiH3]C1c2ccccc2-c2ccccc21. The highest BCUT2D eigenvalue weighted by Crippen LogP contribution is 2.42. The Bertz CT molecular complexity index is 696. The maximum Gasteiger partial charge on any atom is 0.0179 e. The summed E-state index contributed by atoms with van der Waals surface area (Å²) >= 11 is 0. The molecular weight excluding hydrogens is 270 g/mol. The van der Waals surface area contributed by atoms with Gasteiger partial charge in [-0.25, -0.2) is 0 Å². The minimum absolute atomic E-state index is 0.697. The Balaban J connectivity index is 0.000000160. The molecule has 0 unspecified atom stereocenters. The Morgan fingerprint density at radius 3 is 1.71 bits per heavy atom. The quantitative estimate of drug-likeness (QED) is 0.607. The predicted molar refractivity (Wildman–Crippen MR) is 93.9 cm³/mol. The Morgan fingerprint density at radius 1 is 0.810 bits per heavy atom. The van der Waals surface area contributed by atoms with Gasteiger partial charge < -0.3 is 4.98 Å². The van der Waals surface area contributed by atoms with Crippen LogP contribution in [0.5, 0.6) is 0 Å². The summed E-state index contributed by atoms with van der Waals surface area (Å²) in [6.07, 6.45) is 1.95. The first-order chi connectivity index (χ1) is 10.2. The zero-order chi connectivity index (χ0) is 14.8. The highest BCUT2D eigenvalue weighted by atomic mass is 28.1. The summed E-state index contributed by atoms with van der Waals surface area (Å²) < 4.78 is 0. The number of rotatable bonds is 0. The average molecular weight is 291 g/mol. The second-order valence-corrected chi connectivity index (χ2v) is 6.84. The van der Waals surface area contributed by atoms with E-state index in [-0.39, 0.29) is 0 Å². The first kappa shape index (κ1) is 13.9. The van der Waals surface area contributed by atoms with Crippen LogP contribution in [-0.2, 0) is 0 Å². The maximum absolute atomic E-state index is 3.07. The van der Waals surface area contributed by atoms with Gasteiger partial charge in [0.15, 0.2) is 0 Å². The Kier molecular flexibility index (Phi) is 3.80. The second kappa shape index (κ2) is 5.74. The van der Waals surface area contributed by atoms with Crippen LogP contribution < -0.4 is 0 Å². The van der Waals surface area contributed by atoms with Crippen molar-refractivity contribution in [1.82, 2.24) is 4.98 Å². The molecule has 1 nitrogen and oxygen atoms in total. The number of fused-ring (bicyclic) bond motifs is 3. The second-order valence-electron chi connectivity index (χ2n) is 5.68. The molecule has 1 aliphatic rings. The van der Waals surface area contributed by atoms with Gasteiger partial charge in [0, 0.05) is 22.1 Å². The molecule has 4 rings (SSSR count). The summed E-state index contributed by atoms with van der Waals surface area (Å²) in [6, 6.07) is 19.7. The lowest BCUT2D eigenvalue weighted by atomic mass is 10.1. The van der Waals surface area contributed by atoms with E-state index in [9.17, 15) is 0 Å². The monoisotopic (exact) mass is 291 g/mol. The molecule has 0 amide bonds. The van der Waals surface area contributed by atoms with Gasteiger partial charge in [-0.05, 0) is 53.3 Å². The molecule has 1 heterocycles. The Labute approximate surface area is 129 Å². The van der Waals surface area contributed by atoms with Crippen molar-refractivity contribution in [3.8, 4) is 11.1 Å². The molecule has 0 bridgehead atoms. The molecule has 2 aromatic carbocycles. The lowest BCUT2D eigenvalue weighted by Gasteiger charge is -2.04. The van der Waals surface area contributed by atoms with E-state index in [4.69, 9.17) is 0 Å². The zero-order valence-electron chi connectivity index (χ0n) is 12.9. The molecule has 2 heteroatoms. The largest absolute Gasteiger partial charge is 0.365 e. The molecule has 1 aromatic heterocycles. The average Bonchev–Trinajstić information content (AvgIpc) is 3.03. The maximum atomic E-state index is 3.07. The summed E-state index contributed by atoms with van der Waals surface area (Å²) in [6.45, 7) is 4.15. The van der Waals surface area contributed by atoms with Gasteiger partial charge in [0.2, 0.25) is 0 Å². The molecule has 0 atom stereocenters. The summed E-state index contributed by atoms with van der Waals surface area (Å²) in [5, 5.41) is 0. The lowest BCUT2D eigenvalue weighted by Crippen LogP contribution is -1.93. The predicted octanol–water partition coefficient (Wildman–Crippen LogP) is 3.75. The molecule has 0 fully saturated rings. The van der Waals surface area contributed by atoms with Crippen molar-refractivity contribution in [3.63, 3.8) is 0 Å². The molecule has 0 saturated carbocycles. The first-order valence-electron chi connectivity index (χ1n) is 7.47. The molecule has 0 radical (unpaired) electrons. The van der Waals surface area contributed by atoms with E-state index in [0.29, 0.717) is 5.54 Å². The Hall–Kier alpha value is -2.06. The number of aromatic amines is 1. The van der Waals surface area contributed by atoms with Crippen molar-refractivity contribution in [2.75, 3.05) is 0 Å². The van der Waals surface area contributed by atoms with Crippen LogP contribution in [0.25, 0.3) is 11.1 Å². The van der Waals surface area contributed by atoms with Gasteiger partial charge in [-0.2, -0.15) is 0 Å². The third kappa shape index (κ3) is 2.59. The van der Waals surface area contributed by atoms with Gasteiger partial charge in [0.25, 0.3) is 0 Å². The van der Waals surface area contributed by atoms with E-state index in [1.165, 1.54) is 43.8 Å². The van der Waals surface area contributed by atoms with E-state index < -0.39 is 0 Å². The minimum atomic E-state index is 0.697. The summed E-state index contributed by atoms with van der Waals surface area (Å²) in [7, 11) is 1.21. The van der Waals surface area contributed by atoms with E-state index in [2.05, 4.69) is 73.4 Å². The third-order valence-corrected chi connectivity index (χ3v) is 5.61. The van der Waals surface area contributed by atoms with Crippen molar-refractivity contribution >= 4 is 10.2 Å². The van der Waals surface area contributed by atoms with E-state index in [1.54, 1.807) is 0 Å². The van der Waals surface area contributed by atoms with Gasteiger partial charge >= 0.3 is 0 Å². The molecule has 0 aliphatic heterocycles. The minimum Gasteiger partial charge on any atom is -0.365 e. The van der Waals surface area contributed by atoms with Crippen LogP contribution in [0, 0.1) is 13.8 Å². The standard InChI is InChI=1S/C13H12Si.C6H9N/c14-13-11-7-3-1-5-9(11)10-6-2-4-8-12(10)13;1-5-3-4-7-6(5)2/h1-8,13H,14H3;3-4,7H,1-2H3. The van der Waals surface area contributed by atoms with Gasteiger partial charge in [-0.3, -0.25) is 0 Å². The van der Waals surface area contributed by atoms with Crippen LogP contribution in [0.2, 0.25) is 0 Å². The Morgan fingerprint density at radius 2 is 1.33 bits per heavy atom. The van der Waals surface area contributed by atoms with Crippen molar-refractivity contribution in [3.05, 3.63) is 83.2 Å². The number of aryl methyl sites for hydroxylation is 2. The van der Waals surface area contributed by atoms with Crippen molar-refractivity contribution in [1.29, 1.82) is 0 Å². The highest BCUT2D eigenvalue weighted by Gasteiger charge is 2.23. The van der Waals surface area contributed by atoms with Crippen LogP contribution in [0.4, 0.5) is 0 Å². The lowest BCUT2D eigenvalue weighted by molar-refractivity contribution is 1.20. The van der Waals surface area contributed by atoms with Crippen molar-refractivity contribution < 1.29 is 0 Å². The number of H-pyrrole nitrogens is 1. The third-order valence-electron chi connectivity index (χ3n) is 4.37. The molecule has 1 N–H and O–H groups in total. The number of hydrogen-bond acceptors (Lipinski definition) is 0. The summed E-state index contributed by atoms with van der Waals surface area (Å²) in [4.78, 5) is 3.07. The van der Waals surface area contributed by atoms with Crippen molar-refractivity contribution in [2.24, 2.45) is 0 Å². The molecule has 106 valence electrons. The normalized spacial score (nSPS) is 12.5. The fourth-order valence-electron chi connectivity index (χ4n) is 2.94. The summed E-state index contributed by atoms with van der Waals surface area (Å²) in [5.41, 5.74) is 9.24. The fraction of sp³-hybridized carbons (Fsp3) is 0.158. The van der Waals surface area contributed by atoms with Crippen LogP contribution in [0.3, 0.4) is 0 Å². The molecule has 1 aliphatic carbocycles. The van der Waals surface area contributed by atoms with E-state index >= 15 is 0 Å². The molecule has 0 saturated heterocycles. The van der Waals surface area contributed by atoms with Crippen LogP contribution >= 0.6 is 0 Å². The van der Waals surface area contributed by atoms with Gasteiger partial charge in [0.05, 0.1) is 0 Å². The number of aromatic nitrogens is 1. The van der Waals surface area contributed by atoms with Crippen molar-refractivity contribution in [2.45, 2.75) is 19.4 Å². The van der Waals surface area contributed by atoms with Crippen LogP contribution in [0.1, 0.15) is 27.9 Å². The van der Waals surface area contributed by atoms with Gasteiger partial charge in [-0.1, -0.05) is 48.5 Å². The molecular formula is C19H21NSi. The molecule has 3 aromatic rings. The number of nitrogens with one attached hydrogen (secondary N) is 1. The van der Waals surface area contributed by atoms with Gasteiger partial charge in [-0.15, -0.1) is 0 Å². The first-order valence-corrected chi connectivity index (χ1v) is 8.62.